The maximum atomic E-state index is 10.9. The topological polar surface area (TPSA) is 46.5 Å². The first-order valence-electron chi connectivity index (χ1n) is 5.95. The molecular formula is C14H19ClO3. The van der Waals surface area contributed by atoms with Crippen LogP contribution in [0.15, 0.2) is 18.2 Å². The van der Waals surface area contributed by atoms with Gasteiger partial charge in [-0.2, -0.15) is 0 Å². The van der Waals surface area contributed by atoms with Crippen LogP contribution in [0.4, 0.5) is 0 Å². The highest BCUT2D eigenvalue weighted by Gasteiger charge is 2.26. The molecule has 0 amide bonds. The number of rotatable bonds is 6. The zero-order chi connectivity index (χ0) is 13.8. The number of carboxylic acids is 1. The van der Waals surface area contributed by atoms with Gasteiger partial charge in [-0.3, -0.25) is 4.79 Å². The third-order valence-electron chi connectivity index (χ3n) is 2.92. The molecule has 0 radical (unpaired) electrons. The fourth-order valence-electron chi connectivity index (χ4n) is 1.52. The van der Waals surface area contributed by atoms with Crippen LogP contribution in [0, 0.1) is 12.3 Å². The molecule has 0 aliphatic carbocycles. The summed E-state index contributed by atoms with van der Waals surface area (Å²) in [5, 5.41) is 9.69. The fraction of sp³-hybridized carbons (Fsp3) is 0.500. The largest absolute Gasteiger partial charge is 0.494 e. The van der Waals surface area contributed by atoms with E-state index < -0.39 is 11.4 Å². The molecule has 0 unspecified atom stereocenters. The number of carbonyl (C=O) groups is 1. The van der Waals surface area contributed by atoms with E-state index in [1.807, 2.05) is 19.1 Å². The van der Waals surface area contributed by atoms with Gasteiger partial charge in [0, 0.05) is 5.02 Å². The zero-order valence-corrected chi connectivity index (χ0v) is 11.8. The predicted octanol–water partition coefficient (Wildman–Crippen LogP) is 3.92. The lowest BCUT2D eigenvalue weighted by Gasteiger charge is -2.18. The SMILES string of the molecule is Cc1cc(OCCCC(C)(C)C(=O)O)ccc1Cl. The Morgan fingerprint density at radius 1 is 1.44 bits per heavy atom. The van der Waals surface area contributed by atoms with Crippen LogP contribution in [-0.2, 0) is 4.79 Å². The Balaban J connectivity index is 2.38. The van der Waals surface area contributed by atoms with Gasteiger partial charge in [0.1, 0.15) is 5.75 Å². The average molecular weight is 271 g/mol. The zero-order valence-electron chi connectivity index (χ0n) is 11.0. The Hall–Kier alpha value is -1.22. The molecule has 0 saturated heterocycles. The van der Waals surface area contributed by atoms with Gasteiger partial charge in [-0.15, -0.1) is 0 Å². The van der Waals surface area contributed by atoms with E-state index in [1.54, 1.807) is 19.9 Å². The molecule has 0 bridgehead atoms. The average Bonchev–Trinajstić information content (AvgIpc) is 2.29. The monoisotopic (exact) mass is 270 g/mol. The van der Waals surface area contributed by atoms with Crippen LogP contribution in [0.25, 0.3) is 0 Å². The Morgan fingerprint density at radius 2 is 2.11 bits per heavy atom. The Bertz CT molecular complexity index is 427. The molecule has 3 nitrogen and oxygen atoms in total. The minimum atomic E-state index is -0.773. The van der Waals surface area contributed by atoms with Crippen molar-refractivity contribution in [3.63, 3.8) is 0 Å². The van der Waals surface area contributed by atoms with Crippen LogP contribution >= 0.6 is 11.6 Å². The van der Waals surface area contributed by atoms with Gasteiger partial charge in [0.25, 0.3) is 0 Å². The van der Waals surface area contributed by atoms with E-state index in [0.717, 1.165) is 16.3 Å². The van der Waals surface area contributed by atoms with Crippen molar-refractivity contribution >= 4 is 17.6 Å². The fourth-order valence-corrected chi connectivity index (χ4v) is 1.64. The van der Waals surface area contributed by atoms with E-state index in [2.05, 4.69) is 0 Å². The lowest BCUT2D eigenvalue weighted by atomic mass is 9.88. The highest BCUT2D eigenvalue weighted by Crippen LogP contribution is 2.24. The summed E-state index contributed by atoms with van der Waals surface area (Å²) in [5.74, 6) is -0.00475. The standard InChI is InChI=1S/C14H19ClO3/c1-10-9-11(5-6-12(10)15)18-8-4-7-14(2,3)13(16)17/h5-6,9H,4,7-8H2,1-3H3,(H,16,17). The number of aliphatic carboxylic acids is 1. The first kappa shape index (κ1) is 14.8. The molecule has 1 rings (SSSR count). The molecule has 4 heteroatoms. The second-order valence-electron chi connectivity index (χ2n) is 5.05. The summed E-state index contributed by atoms with van der Waals surface area (Å²) in [5.41, 5.74) is 0.277. The maximum absolute atomic E-state index is 10.9. The Labute approximate surface area is 113 Å². The number of hydrogen-bond acceptors (Lipinski definition) is 2. The second kappa shape index (κ2) is 6.10. The van der Waals surface area contributed by atoms with E-state index in [4.69, 9.17) is 21.4 Å². The number of ether oxygens (including phenoxy) is 1. The summed E-state index contributed by atoms with van der Waals surface area (Å²) >= 11 is 5.92. The number of benzene rings is 1. The van der Waals surface area contributed by atoms with Crippen molar-refractivity contribution in [3.8, 4) is 5.75 Å². The van der Waals surface area contributed by atoms with Gasteiger partial charge in [-0.25, -0.2) is 0 Å². The summed E-state index contributed by atoms with van der Waals surface area (Å²) in [7, 11) is 0. The lowest BCUT2D eigenvalue weighted by molar-refractivity contribution is -0.147. The molecule has 0 saturated carbocycles. The van der Waals surface area contributed by atoms with Crippen LogP contribution in [0.3, 0.4) is 0 Å². The smallest absolute Gasteiger partial charge is 0.309 e. The van der Waals surface area contributed by atoms with Crippen LogP contribution in [0.5, 0.6) is 5.75 Å². The van der Waals surface area contributed by atoms with Gasteiger partial charge >= 0.3 is 5.97 Å². The van der Waals surface area contributed by atoms with E-state index >= 15 is 0 Å². The molecular weight excluding hydrogens is 252 g/mol. The lowest BCUT2D eigenvalue weighted by Crippen LogP contribution is -2.24. The molecule has 0 heterocycles. The number of hydrogen-bond donors (Lipinski definition) is 1. The van der Waals surface area contributed by atoms with E-state index in [1.165, 1.54) is 0 Å². The quantitative estimate of drug-likeness (QED) is 0.797. The highest BCUT2D eigenvalue weighted by molar-refractivity contribution is 6.31. The van der Waals surface area contributed by atoms with Crippen molar-refractivity contribution in [2.75, 3.05) is 6.61 Å². The summed E-state index contributed by atoms with van der Waals surface area (Å²) in [6.45, 7) is 5.88. The van der Waals surface area contributed by atoms with Crippen LogP contribution < -0.4 is 4.74 Å². The third kappa shape index (κ3) is 4.22. The van der Waals surface area contributed by atoms with Crippen molar-refractivity contribution < 1.29 is 14.6 Å². The van der Waals surface area contributed by atoms with E-state index in [-0.39, 0.29) is 0 Å². The third-order valence-corrected chi connectivity index (χ3v) is 3.35. The second-order valence-corrected chi connectivity index (χ2v) is 5.46. The molecule has 0 aliphatic heterocycles. The molecule has 1 aromatic carbocycles. The van der Waals surface area contributed by atoms with E-state index in [0.29, 0.717) is 19.4 Å². The van der Waals surface area contributed by atoms with Gasteiger partial charge in [0.2, 0.25) is 0 Å². The summed E-state index contributed by atoms with van der Waals surface area (Å²) in [6, 6.07) is 5.50. The van der Waals surface area contributed by atoms with E-state index in [9.17, 15) is 4.79 Å². The van der Waals surface area contributed by atoms with Crippen molar-refractivity contribution in [2.24, 2.45) is 5.41 Å². The first-order chi connectivity index (χ1) is 8.33. The molecule has 0 fully saturated rings. The predicted molar refractivity (Wildman–Crippen MR) is 72.3 cm³/mol. The summed E-state index contributed by atoms with van der Waals surface area (Å²) in [6.07, 6.45) is 1.30. The normalized spacial score (nSPS) is 11.3. The molecule has 18 heavy (non-hydrogen) atoms. The number of aryl methyl sites for hydroxylation is 1. The molecule has 0 aliphatic rings. The molecule has 1 aromatic rings. The van der Waals surface area contributed by atoms with Gasteiger partial charge in [0.15, 0.2) is 0 Å². The van der Waals surface area contributed by atoms with Gasteiger partial charge < -0.3 is 9.84 Å². The first-order valence-corrected chi connectivity index (χ1v) is 6.33. The Morgan fingerprint density at radius 3 is 2.67 bits per heavy atom. The molecule has 0 spiro atoms. The highest BCUT2D eigenvalue weighted by atomic mass is 35.5. The minimum absolute atomic E-state index is 0.512. The van der Waals surface area contributed by atoms with Gasteiger partial charge in [0.05, 0.1) is 12.0 Å². The molecule has 1 N–H and O–H groups in total. The van der Waals surface area contributed by atoms with Crippen LogP contribution in [0.2, 0.25) is 5.02 Å². The Kier molecular flexibility index (Phi) is 5.03. The summed E-state index contributed by atoms with van der Waals surface area (Å²) < 4.78 is 5.57. The molecule has 0 atom stereocenters. The molecule has 100 valence electrons. The van der Waals surface area contributed by atoms with Crippen molar-refractivity contribution in [1.82, 2.24) is 0 Å². The van der Waals surface area contributed by atoms with Crippen molar-refractivity contribution in [2.45, 2.75) is 33.6 Å². The molecule has 0 aromatic heterocycles. The van der Waals surface area contributed by atoms with Gasteiger partial charge in [-0.1, -0.05) is 11.6 Å². The minimum Gasteiger partial charge on any atom is -0.494 e. The van der Waals surface area contributed by atoms with Gasteiger partial charge in [-0.05, 0) is 57.4 Å². The van der Waals surface area contributed by atoms with Crippen LogP contribution in [0.1, 0.15) is 32.3 Å². The summed E-state index contributed by atoms with van der Waals surface area (Å²) in [4.78, 5) is 10.9. The van der Waals surface area contributed by atoms with Crippen LogP contribution in [-0.4, -0.2) is 17.7 Å². The number of halogens is 1. The van der Waals surface area contributed by atoms with Crippen molar-refractivity contribution in [3.05, 3.63) is 28.8 Å². The maximum Gasteiger partial charge on any atom is 0.309 e. The number of carboxylic acid groups (broad SMARTS) is 1. The van der Waals surface area contributed by atoms with Crippen molar-refractivity contribution in [1.29, 1.82) is 0 Å².